The van der Waals surface area contributed by atoms with Gasteiger partial charge in [-0.25, -0.2) is 4.79 Å². The largest absolute Gasteiger partial charge is 0.465 e. The quantitative estimate of drug-likeness (QED) is 0.558. The smallest absolute Gasteiger partial charge is 0.339 e. The molecule has 0 radical (unpaired) electrons. The molecule has 4 heteroatoms. The van der Waals surface area contributed by atoms with E-state index < -0.39 is 0 Å². The molecule has 1 aromatic heterocycles. The van der Waals surface area contributed by atoms with Crippen LogP contribution in [0.5, 0.6) is 0 Å². The maximum Gasteiger partial charge on any atom is 0.339 e. The Morgan fingerprint density at radius 3 is 2.21 bits per heavy atom. The van der Waals surface area contributed by atoms with Crippen molar-refractivity contribution >= 4 is 23.1 Å². The third-order valence-corrected chi connectivity index (χ3v) is 3.34. The third-order valence-electron chi connectivity index (χ3n) is 2.03. The van der Waals surface area contributed by atoms with Crippen molar-refractivity contribution in [2.45, 2.75) is 20.8 Å². The fraction of sp³-hybridized carbons (Fsp3) is 0.400. The predicted molar refractivity (Wildman–Crippen MR) is 55.1 cm³/mol. The van der Waals surface area contributed by atoms with E-state index in [1.165, 1.54) is 25.4 Å². The van der Waals surface area contributed by atoms with Gasteiger partial charge in [0.2, 0.25) is 0 Å². The van der Waals surface area contributed by atoms with Gasteiger partial charge in [-0.2, -0.15) is 0 Å². The first-order chi connectivity index (χ1) is 6.49. The molecule has 0 amide bonds. The number of carbonyl (C=O) groups is 2. The zero-order valence-corrected chi connectivity index (χ0v) is 9.45. The van der Waals surface area contributed by atoms with Crippen molar-refractivity contribution in [3.8, 4) is 0 Å². The van der Waals surface area contributed by atoms with Crippen LogP contribution in [0.2, 0.25) is 0 Å². The summed E-state index contributed by atoms with van der Waals surface area (Å²) in [6, 6.07) is 0. The van der Waals surface area contributed by atoms with E-state index in [1.54, 1.807) is 6.92 Å². The molecule has 0 saturated carbocycles. The number of carbonyl (C=O) groups excluding carboxylic acids is 2. The molecule has 0 fully saturated rings. The summed E-state index contributed by atoms with van der Waals surface area (Å²) < 4.78 is 4.65. The minimum Gasteiger partial charge on any atom is -0.465 e. The second-order valence-corrected chi connectivity index (χ2v) is 4.26. The molecule has 0 N–H and O–H groups in total. The zero-order chi connectivity index (χ0) is 10.9. The molecule has 0 spiro atoms. The van der Waals surface area contributed by atoms with Gasteiger partial charge in [0.15, 0.2) is 5.78 Å². The molecular weight excluding hydrogens is 200 g/mol. The van der Waals surface area contributed by atoms with E-state index in [9.17, 15) is 9.59 Å². The highest BCUT2D eigenvalue weighted by atomic mass is 32.1. The molecule has 0 aliphatic rings. The van der Waals surface area contributed by atoms with Crippen LogP contribution in [0.1, 0.15) is 37.4 Å². The molecule has 0 aliphatic heterocycles. The van der Waals surface area contributed by atoms with Crippen LogP contribution in [0.15, 0.2) is 0 Å². The molecule has 0 bridgehead atoms. The van der Waals surface area contributed by atoms with Gasteiger partial charge in [0.25, 0.3) is 0 Å². The van der Waals surface area contributed by atoms with Crippen molar-refractivity contribution in [1.82, 2.24) is 0 Å². The van der Waals surface area contributed by atoms with Gasteiger partial charge in [-0.3, -0.25) is 4.79 Å². The summed E-state index contributed by atoms with van der Waals surface area (Å²) in [6.45, 7) is 5.09. The lowest BCUT2D eigenvalue weighted by Gasteiger charge is -1.99. The first kappa shape index (κ1) is 10.9. The Bertz CT molecular complexity index is 390. The minimum atomic E-state index is -0.372. The first-order valence-electron chi connectivity index (χ1n) is 4.18. The minimum absolute atomic E-state index is 0.00856. The Morgan fingerprint density at radius 1 is 1.29 bits per heavy atom. The normalized spacial score (nSPS) is 10.0. The molecule has 0 aromatic carbocycles. The number of rotatable bonds is 2. The summed E-state index contributed by atoms with van der Waals surface area (Å²) in [7, 11) is 1.34. The van der Waals surface area contributed by atoms with Crippen molar-refractivity contribution in [3.63, 3.8) is 0 Å². The van der Waals surface area contributed by atoms with Crippen LogP contribution in [0.4, 0.5) is 0 Å². The van der Waals surface area contributed by atoms with Crippen LogP contribution < -0.4 is 0 Å². The van der Waals surface area contributed by atoms with Crippen LogP contribution in [0.3, 0.4) is 0 Å². The molecule has 3 nitrogen and oxygen atoms in total. The van der Waals surface area contributed by atoms with E-state index in [1.807, 2.05) is 6.92 Å². The first-order valence-corrected chi connectivity index (χ1v) is 5.00. The molecular formula is C10H12O3S. The summed E-state index contributed by atoms with van der Waals surface area (Å²) in [5, 5.41) is 0. The van der Waals surface area contributed by atoms with Gasteiger partial charge < -0.3 is 4.74 Å². The zero-order valence-electron chi connectivity index (χ0n) is 8.63. The van der Waals surface area contributed by atoms with E-state index in [-0.39, 0.29) is 11.8 Å². The average Bonchev–Trinajstić information content (AvgIpc) is 2.41. The highest BCUT2D eigenvalue weighted by Crippen LogP contribution is 2.28. The van der Waals surface area contributed by atoms with Crippen LogP contribution in [0, 0.1) is 13.8 Å². The van der Waals surface area contributed by atoms with Gasteiger partial charge in [-0.15, -0.1) is 11.3 Å². The number of methoxy groups -OCH3 is 1. The molecule has 0 atom stereocenters. The molecule has 76 valence electrons. The number of hydrogen-bond donors (Lipinski definition) is 0. The number of Topliss-reactive ketones (excluding diaryl/α,β-unsaturated/α-hetero) is 1. The lowest BCUT2D eigenvalue weighted by Crippen LogP contribution is -2.04. The highest BCUT2D eigenvalue weighted by Gasteiger charge is 2.20. The number of aryl methyl sites for hydroxylation is 1. The van der Waals surface area contributed by atoms with E-state index in [4.69, 9.17) is 0 Å². The van der Waals surface area contributed by atoms with Gasteiger partial charge in [-0.05, 0) is 26.3 Å². The second-order valence-electron chi connectivity index (χ2n) is 3.04. The van der Waals surface area contributed by atoms with Crippen molar-refractivity contribution < 1.29 is 14.3 Å². The standard InChI is InChI=1S/C10H12O3S/c1-5-8(10(12)13-4)7(3)14-9(5)6(2)11/h1-4H3. The van der Waals surface area contributed by atoms with E-state index in [2.05, 4.69) is 4.74 Å². The molecule has 0 unspecified atom stereocenters. The second kappa shape index (κ2) is 3.92. The Morgan fingerprint density at radius 2 is 1.86 bits per heavy atom. The third kappa shape index (κ3) is 1.70. The average molecular weight is 212 g/mol. The van der Waals surface area contributed by atoms with Crippen molar-refractivity contribution in [2.75, 3.05) is 7.11 Å². The van der Waals surface area contributed by atoms with Gasteiger partial charge in [-0.1, -0.05) is 0 Å². The Balaban J connectivity index is 3.31. The summed E-state index contributed by atoms with van der Waals surface area (Å²) in [4.78, 5) is 24.0. The number of ether oxygens (including phenoxy) is 1. The fourth-order valence-electron chi connectivity index (χ4n) is 1.39. The van der Waals surface area contributed by atoms with Gasteiger partial charge in [0, 0.05) is 4.88 Å². The fourth-order valence-corrected chi connectivity index (χ4v) is 2.44. The predicted octanol–water partition coefficient (Wildman–Crippen LogP) is 2.35. The maximum atomic E-state index is 11.4. The Kier molecular flexibility index (Phi) is 3.06. The van der Waals surface area contributed by atoms with Gasteiger partial charge in [0.05, 0.1) is 17.6 Å². The lowest BCUT2D eigenvalue weighted by molar-refractivity contribution is 0.0600. The van der Waals surface area contributed by atoms with E-state index >= 15 is 0 Å². The van der Waals surface area contributed by atoms with Gasteiger partial charge in [0.1, 0.15) is 0 Å². The van der Waals surface area contributed by atoms with E-state index in [0.717, 1.165) is 10.4 Å². The lowest BCUT2D eigenvalue weighted by atomic mass is 10.1. The van der Waals surface area contributed by atoms with E-state index in [0.29, 0.717) is 10.4 Å². The maximum absolute atomic E-state index is 11.4. The summed E-state index contributed by atoms with van der Waals surface area (Å²) in [5.41, 5.74) is 1.26. The summed E-state index contributed by atoms with van der Waals surface area (Å²) >= 11 is 1.34. The van der Waals surface area contributed by atoms with Crippen LogP contribution in [-0.4, -0.2) is 18.9 Å². The highest BCUT2D eigenvalue weighted by molar-refractivity contribution is 7.14. The van der Waals surface area contributed by atoms with Crippen molar-refractivity contribution in [1.29, 1.82) is 0 Å². The van der Waals surface area contributed by atoms with Crippen molar-refractivity contribution in [3.05, 3.63) is 20.9 Å². The van der Waals surface area contributed by atoms with Crippen LogP contribution >= 0.6 is 11.3 Å². The molecule has 0 aliphatic carbocycles. The van der Waals surface area contributed by atoms with Crippen molar-refractivity contribution in [2.24, 2.45) is 0 Å². The number of hydrogen-bond acceptors (Lipinski definition) is 4. The molecule has 1 aromatic rings. The van der Waals surface area contributed by atoms with Crippen LogP contribution in [0.25, 0.3) is 0 Å². The topological polar surface area (TPSA) is 43.4 Å². The molecule has 14 heavy (non-hydrogen) atoms. The molecule has 1 heterocycles. The Labute approximate surface area is 86.7 Å². The molecule has 0 saturated heterocycles. The van der Waals surface area contributed by atoms with Crippen LogP contribution in [-0.2, 0) is 4.74 Å². The number of thiophene rings is 1. The summed E-state index contributed by atoms with van der Waals surface area (Å²) in [5.74, 6) is -0.380. The van der Waals surface area contributed by atoms with Gasteiger partial charge >= 0.3 is 5.97 Å². The number of esters is 1. The molecule has 1 rings (SSSR count). The Hall–Kier alpha value is -1.16. The SMILES string of the molecule is COC(=O)c1c(C)sc(C(C)=O)c1C. The monoisotopic (exact) mass is 212 g/mol. The number of ketones is 1. The summed E-state index contributed by atoms with van der Waals surface area (Å²) in [6.07, 6.45) is 0.